The molecule has 1 aromatic carbocycles. The van der Waals surface area contributed by atoms with Crippen LogP contribution in [0, 0.1) is 5.92 Å². The third-order valence-corrected chi connectivity index (χ3v) is 4.48. The van der Waals surface area contributed by atoms with Gasteiger partial charge in [0.1, 0.15) is 0 Å². The summed E-state index contributed by atoms with van der Waals surface area (Å²) in [5, 5.41) is 13.0. The van der Waals surface area contributed by atoms with Gasteiger partial charge in [0.2, 0.25) is 5.91 Å². The van der Waals surface area contributed by atoms with E-state index >= 15 is 0 Å². The van der Waals surface area contributed by atoms with Crippen molar-refractivity contribution in [2.45, 2.75) is 31.8 Å². The number of aliphatic hydroxyl groups excluding tert-OH is 1. The predicted octanol–water partition coefficient (Wildman–Crippen LogP) is 1.15. The summed E-state index contributed by atoms with van der Waals surface area (Å²) >= 11 is 0. The van der Waals surface area contributed by atoms with E-state index in [4.69, 9.17) is 0 Å². The molecule has 0 saturated carbocycles. The molecule has 0 bridgehead atoms. The van der Waals surface area contributed by atoms with E-state index in [0.29, 0.717) is 19.0 Å². The summed E-state index contributed by atoms with van der Waals surface area (Å²) in [6.07, 6.45) is 0. The Morgan fingerprint density at radius 2 is 1.88 bits per heavy atom. The van der Waals surface area contributed by atoms with Crippen molar-refractivity contribution >= 4 is 5.91 Å². The summed E-state index contributed by atoms with van der Waals surface area (Å²) in [6, 6.07) is 10.5. The lowest BCUT2D eigenvalue weighted by Crippen LogP contribution is -2.65. The second-order valence-electron chi connectivity index (χ2n) is 7.43. The van der Waals surface area contributed by atoms with E-state index in [1.165, 1.54) is 5.56 Å². The van der Waals surface area contributed by atoms with Crippen molar-refractivity contribution in [1.82, 2.24) is 15.1 Å². The number of nitrogens with zero attached hydrogens (tertiary/aromatic N) is 2. The van der Waals surface area contributed by atoms with Gasteiger partial charge in [-0.3, -0.25) is 4.79 Å². The zero-order chi connectivity index (χ0) is 17.7. The van der Waals surface area contributed by atoms with Gasteiger partial charge < -0.3 is 20.2 Å². The maximum absolute atomic E-state index is 12.6. The lowest BCUT2D eigenvalue weighted by molar-refractivity contribution is -0.133. The maximum atomic E-state index is 12.6. The van der Waals surface area contributed by atoms with Gasteiger partial charge in [-0.15, -0.1) is 0 Å². The Morgan fingerprint density at radius 3 is 2.42 bits per heavy atom. The molecule has 3 atom stereocenters. The van der Waals surface area contributed by atoms with Gasteiger partial charge in [-0.25, -0.2) is 0 Å². The summed E-state index contributed by atoms with van der Waals surface area (Å²) in [6.45, 7) is 6.26. The number of likely N-dealkylation sites (N-methyl/N-ethyl adjacent to an activating group) is 1. The molecule has 0 unspecified atom stereocenters. The van der Waals surface area contributed by atoms with Gasteiger partial charge in [-0.05, 0) is 25.6 Å². The summed E-state index contributed by atoms with van der Waals surface area (Å²) in [7, 11) is 3.84. The molecule has 134 valence electrons. The van der Waals surface area contributed by atoms with Crippen LogP contribution in [0.25, 0.3) is 0 Å². The minimum Gasteiger partial charge on any atom is -0.395 e. The highest BCUT2D eigenvalue weighted by Gasteiger charge is 2.42. The van der Waals surface area contributed by atoms with E-state index in [1.807, 2.05) is 42.1 Å². The number of hydrogen-bond acceptors (Lipinski definition) is 4. The van der Waals surface area contributed by atoms with E-state index < -0.39 is 0 Å². The molecule has 1 aromatic rings. The summed E-state index contributed by atoms with van der Waals surface area (Å²) in [5.74, 6) is 0.841. The Hall–Kier alpha value is -1.43. The second kappa shape index (κ2) is 8.60. The van der Waals surface area contributed by atoms with Crippen molar-refractivity contribution in [1.29, 1.82) is 0 Å². The molecule has 5 heteroatoms. The van der Waals surface area contributed by atoms with Crippen LogP contribution in [0.5, 0.6) is 0 Å². The van der Waals surface area contributed by atoms with Crippen molar-refractivity contribution in [3.63, 3.8) is 0 Å². The van der Waals surface area contributed by atoms with Crippen molar-refractivity contribution < 1.29 is 9.90 Å². The van der Waals surface area contributed by atoms with E-state index in [0.717, 1.165) is 6.54 Å². The first kappa shape index (κ1) is 18.9. The van der Waals surface area contributed by atoms with E-state index in [9.17, 15) is 9.90 Å². The van der Waals surface area contributed by atoms with Crippen molar-refractivity contribution in [3.8, 4) is 0 Å². The smallest absolute Gasteiger partial charge is 0.236 e. The van der Waals surface area contributed by atoms with Gasteiger partial charge in [-0.2, -0.15) is 0 Å². The van der Waals surface area contributed by atoms with Crippen LogP contribution in [-0.4, -0.2) is 73.2 Å². The topological polar surface area (TPSA) is 55.8 Å². The monoisotopic (exact) mass is 333 g/mol. The molecular weight excluding hydrogens is 302 g/mol. The quantitative estimate of drug-likeness (QED) is 0.749. The number of benzene rings is 1. The van der Waals surface area contributed by atoms with Crippen LogP contribution in [-0.2, 0) is 4.79 Å². The van der Waals surface area contributed by atoms with Gasteiger partial charge in [0.05, 0.1) is 13.2 Å². The molecule has 2 N–H and O–H groups in total. The fraction of sp³-hybridized carbons (Fsp3) is 0.632. The van der Waals surface area contributed by atoms with Gasteiger partial charge in [-0.1, -0.05) is 44.2 Å². The number of amides is 1. The number of carbonyl (C=O) groups is 1. The van der Waals surface area contributed by atoms with Crippen molar-refractivity contribution in [3.05, 3.63) is 35.9 Å². The number of carbonyl (C=O) groups excluding carboxylic acids is 1. The molecule has 0 aliphatic carbocycles. The molecule has 5 nitrogen and oxygen atoms in total. The van der Waals surface area contributed by atoms with Crippen LogP contribution in [0.4, 0.5) is 0 Å². The van der Waals surface area contributed by atoms with Crippen molar-refractivity contribution in [2.24, 2.45) is 5.92 Å². The number of nitrogens with one attached hydrogen (secondary N) is 1. The largest absolute Gasteiger partial charge is 0.395 e. The lowest BCUT2D eigenvalue weighted by Gasteiger charge is -2.48. The molecule has 1 aliphatic rings. The zero-order valence-electron chi connectivity index (χ0n) is 15.3. The minimum absolute atomic E-state index is 0.0715. The first-order chi connectivity index (χ1) is 11.4. The molecular formula is C19H31N3O2. The third kappa shape index (κ3) is 4.79. The Balaban J connectivity index is 2.08. The van der Waals surface area contributed by atoms with Gasteiger partial charge in [0, 0.05) is 31.1 Å². The van der Waals surface area contributed by atoms with Crippen LogP contribution in [0.3, 0.4) is 0 Å². The molecule has 1 heterocycles. The molecule has 0 spiro atoms. The fourth-order valence-electron chi connectivity index (χ4n) is 3.44. The number of aliphatic hydroxyl groups is 1. The molecule has 24 heavy (non-hydrogen) atoms. The molecule has 1 fully saturated rings. The zero-order valence-corrected chi connectivity index (χ0v) is 15.3. The van der Waals surface area contributed by atoms with Crippen LogP contribution in [0.15, 0.2) is 30.3 Å². The Labute approximate surface area is 145 Å². The SMILES string of the molecule is CC(C)CN(C[C@H]1N[C@H](CO)[C@@H]1c1ccccc1)C(=O)CN(C)C. The third-order valence-electron chi connectivity index (χ3n) is 4.48. The van der Waals surface area contributed by atoms with E-state index in [-0.39, 0.29) is 30.5 Å². The van der Waals surface area contributed by atoms with Gasteiger partial charge in [0.15, 0.2) is 0 Å². The Morgan fingerprint density at radius 1 is 1.21 bits per heavy atom. The fourth-order valence-corrected chi connectivity index (χ4v) is 3.44. The summed E-state index contributed by atoms with van der Waals surface area (Å²) in [4.78, 5) is 16.4. The second-order valence-corrected chi connectivity index (χ2v) is 7.43. The standard InChI is InChI=1S/C19H31N3O2/c1-14(2)10-22(18(24)12-21(3)4)11-16-19(17(13-23)20-16)15-8-6-5-7-9-15/h5-9,14,16-17,19-20,23H,10-13H2,1-4H3/t16-,17-,19-/m1/s1. The highest BCUT2D eigenvalue weighted by atomic mass is 16.3. The molecule has 1 amide bonds. The van der Waals surface area contributed by atoms with Crippen LogP contribution in [0.1, 0.15) is 25.3 Å². The molecule has 1 aliphatic heterocycles. The molecule has 0 aromatic heterocycles. The number of rotatable bonds is 8. The van der Waals surface area contributed by atoms with Crippen molar-refractivity contribution in [2.75, 3.05) is 40.3 Å². The van der Waals surface area contributed by atoms with Crippen LogP contribution < -0.4 is 5.32 Å². The average Bonchev–Trinajstić information content (AvgIpc) is 2.49. The van der Waals surface area contributed by atoms with Crippen LogP contribution in [0.2, 0.25) is 0 Å². The Kier molecular flexibility index (Phi) is 6.78. The van der Waals surface area contributed by atoms with Crippen LogP contribution >= 0.6 is 0 Å². The van der Waals surface area contributed by atoms with E-state index in [1.54, 1.807) is 0 Å². The Bertz CT molecular complexity index is 519. The minimum atomic E-state index is 0.0715. The highest BCUT2D eigenvalue weighted by molar-refractivity contribution is 5.78. The number of hydrogen-bond donors (Lipinski definition) is 2. The molecule has 2 rings (SSSR count). The summed E-state index contributed by atoms with van der Waals surface area (Å²) < 4.78 is 0. The van der Waals surface area contributed by atoms with Gasteiger partial charge in [0.25, 0.3) is 0 Å². The normalized spacial score (nSPS) is 23.4. The van der Waals surface area contributed by atoms with E-state index in [2.05, 4.69) is 31.3 Å². The first-order valence-corrected chi connectivity index (χ1v) is 8.76. The first-order valence-electron chi connectivity index (χ1n) is 8.76. The molecule has 1 saturated heterocycles. The van der Waals surface area contributed by atoms with Gasteiger partial charge >= 0.3 is 0 Å². The highest BCUT2D eigenvalue weighted by Crippen LogP contribution is 2.32. The predicted molar refractivity (Wildman–Crippen MR) is 97.0 cm³/mol. The average molecular weight is 333 g/mol. The lowest BCUT2D eigenvalue weighted by atomic mass is 9.77. The summed E-state index contributed by atoms with van der Waals surface area (Å²) in [5.41, 5.74) is 1.23. The molecule has 0 radical (unpaired) electrons. The maximum Gasteiger partial charge on any atom is 0.236 e.